The van der Waals surface area contributed by atoms with Crippen molar-refractivity contribution in [1.82, 2.24) is 10.7 Å². The fourth-order valence-electron chi connectivity index (χ4n) is 3.39. The van der Waals surface area contributed by atoms with Crippen molar-refractivity contribution in [3.8, 4) is 0 Å². The van der Waals surface area contributed by atoms with Gasteiger partial charge in [0.25, 0.3) is 0 Å². The van der Waals surface area contributed by atoms with Crippen LogP contribution in [0.2, 0.25) is 0 Å². The van der Waals surface area contributed by atoms with E-state index in [1.165, 1.54) is 0 Å². The van der Waals surface area contributed by atoms with Crippen LogP contribution in [0.3, 0.4) is 0 Å². The van der Waals surface area contributed by atoms with Crippen molar-refractivity contribution in [2.45, 2.75) is 37.5 Å². The quantitative estimate of drug-likeness (QED) is 0.727. The van der Waals surface area contributed by atoms with Crippen LogP contribution >= 0.6 is 0 Å². The third-order valence-electron chi connectivity index (χ3n) is 5.02. The molecule has 1 aromatic rings. The highest BCUT2D eigenvalue weighted by molar-refractivity contribution is 5.75. The van der Waals surface area contributed by atoms with Gasteiger partial charge in [0.1, 0.15) is 18.2 Å². The van der Waals surface area contributed by atoms with Crippen LogP contribution in [0, 0.1) is 11.7 Å². The number of benzene rings is 1. The fraction of sp³-hybridized carbons (Fsp3) is 0.368. The normalized spacial score (nSPS) is 28.9. The van der Waals surface area contributed by atoms with Crippen LogP contribution in [0.15, 0.2) is 47.4 Å². The second-order valence-electron chi connectivity index (χ2n) is 6.78. The molecule has 4 atom stereocenters. The van der Waals surface area contributed by atoms with Gasteiger partial charge in [-0.25, -0.2) is 4.39 Å². The van der Waals surface area contributed by atoms with E-state index in [0.29, 0.717) is 23.3 Å². The lowest BCUT2D eigenvalue weighted by Gasteiger charge is -2.24. The summed E-state index contributed by atoms with van der Waals surface area (Å²) < 4.78 is 20.4. The SMILES string of the molecule is O=C(O)C1CC1c1cccc(COC2=CNC(C3CC=NN3)C=C2)c1F. The molecule has 0 bridgehead atoms. The van der Waals surface area contributed by atoms with E-state index in [-0.39, 0.29) is 30.4 Å². The molecule has 26 heavy (non-hydrogen) atoms. The molecular formula is C19H20FN3O3. The van der Waals surface area contributed by atoms with Gasteiger partial charge in [0.2, 0.25) is 0 Å². The van der Waals surface area contributed by atoms with Crippen molar-refractivity contribution in [3.05, 3.63) is 59.3 Å². The first-order chi connectivity index (χ1) is 12.6. The van der Waals surface area contributed by atoms with E-state index in [1.807, 2.05) is 18.4 Å². The Balaban J connectivity index is 1.35. The number of halogens is 1. The number of nitrogens with one attached hydrogen (secondary N) is 2. The Hall–Kier alpha value is -2.83. The van der Waals surface area contributed by atoms with Gasteiger partial charge in [-0.3, -0.25) is 4.79 Å². The molecule has 4 unspecified atom stereocenters. The summed E-state index contributed by atoms with van der Waals surface area (Å²) in [5.74, 6) is -1.31. The number of nitrogens with zero attached hydrogens (tertiary/aromatic N) is 1. The van der Waals surface area contributed by atoms with Gasteiger partial charge in [0.15, 0.2) is 0 Å². The van der Waals surface area contributed by atoms with Crippen LogP contribution in [0.5, 0.6) is 0 Å². The Morgan fingerprint density at radius 2 is 2.31 bits per heavy atom. The van der Waals surface area contributed by atoms with E-state index in [4.69, 9.17) is 9.84 Å². The molecule has 2 aliphatic heterocycles. The zero-order valence-corrected chi connectivity index (χ0v) is 14.1. The fourth-order valence-corrected chi connectivity index (χ4v) is 3.39. The summed E-state index contributed by atoms with van der Waals surface area (Å²) in [5, 5.41) is 16.3. The van der Waals surface area contributed by atoms with Gasteiger partial charge < -0.3 is 20.6 Å². The lowest BCUT2D eigenvalue weighted by Crippen LogP contribution is -2.42. The number of carboxylic acid groups (broad SMARTS) is 1. The largest absolute Gasteiger partial charge is 0.487 e. The number of hydrogen-bond acceptors (Lipinski definition) is 5. The van der Waals surface area contributed by atoms with E-state index in [0.717, 1.165) is 6.42 Å². The molecule has 7 heteroatoms. The zero-order chi connectivity index (χ0) is 18.1. The van der Waals surface area contributed by atoms with Crippen molar-refractivity contribution >= 4 is 12.2 Å². The van der Waals surface area contributed by atoms with Crippen LogP contribution in [0.1, 0.15) is 29.9 Å². The lowest BCUT2D eigenvalue weighted by molar-refractivity contribution is -0.138. The molecule has 1 fully saturated rings. The van der Waals surface area contributed by atoms with Crippen LogP contribution in [0.4, 0.5) is 4.39 Å². The average Bonchev–Trinajstić information content (AvgIpc) is 3.26. The molecular weight excluding hydrogens is 337 g/mol. The van der Waals surface area contributed by atoms with Gasteiger partial charge in [0.05, 0.1) is 18.0 Å². The smallest absolute Gasteiger partial charge is 0.307 e. The number of allylic oxidation sites excluding steroid dienone is 1. The molecule has 1 aromatic carbocycles. The molecule has 0 radical (unpaired) electrons. The van der Waals surface area contributed by atoms with Crippen LogP contribution in [0.25, 0.3) is 0 Å². The predicted octanol–water partition coefficient (Wildman–Crippen LogP) is 2.25. The van der Waals surface area contributed by atoms with Crippen molar-refractivity contribution in [1.29, 1.82) is 0 Å². The zero-order valence-electron chi connectivity index (χ0n) is 14.1. The number of hydrazone groups is 1. The molecule has 0 aromatic heterocycles. The minimum absolute atomic E-state index is 0.0947. The van der Waals surface area contributed by atoms with Gasteiger partial charge in [-0.05, 0) is 18.1 Å². The summed E-state index contributed by atoms with van der Waals surface area (Å²) in [6.45, 7) is 0.0947. The van der Waals surface area contributed by atoms with E-state index < -0.39 is 11.9 Å². The summed E-state index contributed by atoms with van der Waals surface area (Å²) in [4.78, 5) is 11.0. The maximum absolute atomic E-state index is 14.7. The van der Waals surface area contributed by atoms with Crippen molar-refractivity contribution < 1.29 is 19.0 Å². The Bertz CT molecular complexity index is 797. The first kappa shape index (κ1) is 16.6. The molecule has 0 saturated heterocycles. The van der Waals surface area contributed by atoms with Crippen LogP contribution in [-0.4, -0.2) is 29.4 Å². The average molecular weight is 357 g/mol. The molecule has 1 aliphatic carbocycles. The van der Waals surface area contributed by atoms with Crippen molar-refractivity contribution in [2.24, 2.45) is 11.0 Å². The standard InChI is InChI=1S/C19H20FN3O3/c20-18-11(2-1-3-13(18)14-8-15(14)19(24)25)10-26-12-4-5-16(21-9-12)17-6-7-22-23-17/h1-5,7,9,14-17,21,23H,6,8,10H2,(H,24,25). The molecule has 2 heterocycles. The van der Waals surface area contributed by atoms with E-state index in [9.17, 15) is 9.18 Å². The van der Waals surface area contributed by atoms with Gasteiger partial charge >= 0.3 is 5.97 Å². The summed E-state index contributed by atoms with van der Waals surface area (Å²) in [6, 6.07) is 5.43. The molecule has 0 amide bonds. The number of ether oxygens (including phenoxy) is 1. The minimum Gasteiger partial charge on any atom is -0.487 e. The summed E-state index contributed by atoms with van der Waals surface area (Å²) in [5.41, 5.74) is 3.94. The highest BCUT2D eigenvalue weighted by Gasteiger charge is 2.45. The van der Waals surface area contributed by atoms with Gasteiger partial charge in [-0.1, -0.05) is 24.3 Å². The van der Waals surface area contributed by atoms with Gasteiger partial charge in [-0.15, -0.1) is 0 Å². The molecule has 6 nitrogen and oxygen atoms in total. The minimum atomic E-state index is -0.865. The van der Waals surface area contributed by atoms with E-state index in [2.05, 4.69) is 15.8 Å². The Kier molecular flexibility index (Phi) is 4.36. The Morgan fingerprint density at radius 3 is 2.96 bits per heavy atom. The molecule has 0 spiro atoms. The van der Waals surface area contributed by atoms with E-state index >= 15 is 0 Å². The Labute approximate surface area is 150 Å². The molecule has 3 N–H and O–H groups in total. The number of dihydropyridines is 1. The van der Waals surface area contributed by atoms with Gasteiger partial charge in [0, 0.05) is 30.3 Å². The summed E-state index contributed by atoms with van der Waals surface area (Å²) in [6.07, 6.45) is 8.84. The van der Waals surface area contributed by atoms with Crippen LogP contribution in [-0.2, 0) is 16.1 Å². The third kappa shape index (κ3) is 3.29. The molecule has 3 aliphatic rings. The summed E-state index contributed by atoms with van der Waals surface area (Å²) in [7, 11) is 0. The third-order valence-corrected chi connectivity index (χ3v) is 5.02. The first-order valence-corrected chi connectivity index (χ1v) is 8.68. The summed E-state index contributed by atoms with van der Waals surface area (Å²) >= 11 is 0. The van der Waals surface area contributed by atoms with E-state index in [1.54, 1.807) is 24.4 Å². The second kappa shape index (κ2) is 6.82. The monoisotopic (exact) mass is 357 g/mol. The molecule has 136 valence electrons. The van der Waals surface area contributed by atoms with Crippen molar-refractivity contribution in [3.63, 3.8) is 0 Å². The molecule has 4 rings (SSSR count). The number of hydrogen-bond donors (Lipinski definition) is 3. The highest BCUT2D eigenvalue weighted by Crippen LogP contribution is 2.48. The molecule has 1 saturated carbocycles. The second-order valence-corrected chi connectivity index (χ2v) is 6.78. The maximum atomic E-state index is 14.7. The Morgan fingerprint density at radius 1 is 1.42 bits per heavy atom. The van der Waals surface area contributed by atoms with Crippen molar-refractivity contribution in [2.75, 3.05) is 0 Å². The predicted molar refractivity (Wildman–Crippen MR) is 93.9 cm³/mol. The highest BCUT2D eigenvalue weighted by atomic mass is 19.1. The lowest BCUT2D eigenvalue weighted by atomic mass is 10.0. The first-order valence-electron chi connectivity index (χ1n) is 8.68. The number of carbonyl (C=O) groups is 1. The van der Waals surface area contributed by atoms with Gasteiger partial charge in [-0.2, -0.15) is 5.10 Å². The number of aliphatic carboxylic acids is 1. The maximum Gasteiger partial charge on any atom is 0.307 e. The number of rotatable bonds is 6. The number of carboxylic acids is 1. The van der Waals surface area contributed by atoms with Crippen LogP contribution < -0.4 is 10.7 Å². The topological polar surface area (TPSA) is 83.0 Å².